The average Bonchev–Trinajstić information content (AvgIpc) is 3.31. The molecule has 1 fully saturated rings. The van der Waals surface area contributed by atoms with Gasteiger partial charge in [-0.2, -0.15) is 16.9 Å². The predicted octanol–water partition coefficient (Wildman–Crippen LogP) is 1.00. The number of nitrogens with one attached hydrogen (secondary N) is 1. The molecule has 0 bridgehead atoms. The molecular formula is C20H25N5O3S. The van der Waals surface area contributed by atoms with E-state index in [-0.39, 0.29) is 6.61 Å². The number of aryl methyl sites for hydroxylation is 1. The molecular weight excluding hydrogens is 390 g/mol. The van der Waals surface area contributed by atoms with Gasteiger partial charge in [0.1, 0.15) is 5.82 Å². The van der Waals surface area contributed by atoms with Crippen LogP contribution in [0.5, 0.6) is 0 Å². The molecule has 1 aromatic carbocycles. The molecule has 2 aliphatic rings. The monoisotopic (exact) mass is 415 g/mol. The molecule has 1 aromatic heterocycles. The molecule has 0 atom stereocenters. The van der Waals surface area contributed by atoms with Crippen LogP contribution in [0.15, 0.2) is 24.3 Å². The zero-order valence-corrected chi connectivity index (χ0v) is 17.2. The second kappa shape index (κ2) is 8.56. The third-order valence-electron chi connectivity index (χ3n) is 5.30. The van der Waals surface area contributed by atoms with Crippen molar-refractivity contribution in [3.63, 3.8) is 0 Å². The van der Waals surface area contributed by atoms with Crippen molar-refractivity contribution in [2.45, 2.75) is 18.4 Å². The maximum Gasteiger partial charge on any atom is 0.315 e. The van der Waals surface area contributed by atoms with Crippen LogP contribution in [0.2, 0.25) is 0 Å². The fourth-order valence-corrected chi connectivity index (χ4v) is 4.74. The van der Waals surface area contributed by atoms with Crippen LogP contribution in [0.3, 0.4) is 0 Å². The number of nitrogens with zero attached hydrogens (tertiary/aromatic N) is 4. The minimum atomic E-state index is -0.630. The van der Waals surface area contributed by atoms with Crippen molar-refractivity contribution in [2.24, 2.45) is 0 Å². The van der Waals surface area contributed by atoms with Gasteiger partial charge in [-0.25, -0.2) is 4.68 Å². The van der Waals surface area contributed by atoms with E-state index in [1.807, 2.05) is 31.2 Å². The Labute approximate surface area is 173 Å². The first-order valence-electron chi connectivity index (χ1n) is 9.76. The highest BCUT2D eigenvalue weighted by Gasteiger charge is 2.30. The van der Waals surface area contributed by atoms with Gasteiger partial charge < -0.3 is 15.3 Å². The number of thioether (sulfide) groups is 1. The number of carbonyl (C=O) groups excluding carboxylic acids is 2. The van der Waals surface area contributed by atoms with Crippen LogP contribution in [0.4, 0.5) is 5.82 Å². The molecule has 1 saturated heterocycles. The van der Waals surface area contributed by atoms with E-state index >= 15 is 0 Å². The summed E-state index contributed by atoms with van der Waals surface area (Å²) in [6.45, 7) is 4.98. The topological polar surface area (TPSA) is 90.7 Å². The van der Waals surface area contributed by atoms with E-state index in [1.165, 1.54) is 0 Å². The first kappa shape index (κ1) is 19.9. The number of piperazine rings is 1. The number of aliphatic hydroxyl groups excluding tert-OH is 1. The summed E-state index contributed by atoms with van der Waals surface area (Å²) in [7, 11) is 0. The number of carbonyl (C=O) groups is 2. The van der Waals surface area contributed by atoms with Crippen LogP contribution in [0.25, 0.3) is 5.69 Å². The van der Waals surface area contributed by atoms with Gasteiger partial charge >= 0.3 is 11.8 Å². The van der Waals surface area contributed by atoms with Crippen molar-refractivity contribution in [2.75, 3.05) is 44.6 Å². The van der Waals surface area contributed by atoms with Crippen LogP contribution >= 0.6 is 11.8 Å². The number of anilines is 1. The van der Waals surface area contributed by atoms with Gasteiger partial charge in [0.2, 0.25) is 0 Å². The molecule has 4 rings (SSSR count). The van der Waals surface area contributed by atoms with Gasteiger partial charge in [-0.1, -0.05) is 12.1 Å². The number of aliphatic hydroxyl groups is 1. The zero-order valence-electron chi connectivity index (χ0n) is 16.4. The molecule has 2 aliphatic heterocycles. The number of benzene rings is 1. The Hall–Kier alpha value is -2.36. The van der Waals surface area contributed by atoms with E-state index in [9.17, 15) is 9.59 Å². The third kappa shape index (κ3) is 4.17. The Morgan fingerprint density at radius 3 is 2.72 bits per heavy atom. The number of aromatic nitrogens is 2. The van der Waals surface area contributed by atoms with Gasteiger partial charge in [0.15, 0.2) is 0 Å². The van der Waals surface area contributed by atoms with Crippen molar-refractivity contribution in [1.82, 2.24) is 19.6 Å². The number of β-amino-alcohol motifs (C(OH)–C–C–N with tert-alkyl or cyclic N) is 1. The molecule has 29 heavy (non-hydrogen) atoms. The Morgan fingerprint density at radius 1 is 1.21 bits per heavy atom. The van der Waals surface area contributed by atoms with Gasteiger partial charge in [-0.05, 0) is 24.6 Å². The van der Waals surface area contributed by atoms with Crippen molar-refractivity contribution in [3.8, 4) is 5.69 Å². The van der Waals surface area contributed by atoms with E-state index in [2.05, 4.69) is 15.3 Å². The molecule has 9 heteroatoms. The van der Waals surface area contributed by atoms with E-state index in [0.717, 1.165) is 34.0 Å². The quantitative estimate of drug-likeness (QED) is 0.724. The SMILES string of the molecule is Cc1cccc(-n2nc3c(c2NC(=O)C(=O)N2CCN(CCO)CC2)CSC3)c1. The molecule has 154 valence electrons. The molecule has 8 nitrogen and oxygen atoms in total. The highest BCUT2D eigenvalue weighted by molar-refractivity contribution is 7.98. The van der Waals surface area contributed by atoms with Crippen LogP contribution in [-0.4, -0.2) is 75.8 Å². The normalized spacial score (nSPS) is 16.7. The lowest BCUT2D eigenvalue weighted by Crippen LogP contribution is -2.52. The summed E-state index contributed by atoms with van der Waals surface area (Å²) in [5.74, 6) is 1.01. The number of hydrogen-bond acceptors (Lipinski definition) is 6. The lowest BCUT2D eigenvalue weighted by molar-refractivity contribution is -0.144. The molecule has 2 amide bonds. The second-order valence-corrected chi connectivity index (χ2v) is 8.31. The van der Waals surface area contributed by atoms with Crippen LogP contribution in [0.1, 0.15) is 16.8 Å². The summed E-state index contributed by atoms with van der Waals surface area (Å²) in [6, 6.07) is 7.91. The largest absolute Gasteiger partial charge is 0.395 e. The van der Waals surface area contributed by atoms with Crippen LogP contribution < -0.4 is 5.32 Å². The number of hydrogen-bond donors (Lipinski definition) is 2. The zero-order chi connectivity index (χ0) is 20.4. The number of amides is 2. The fourth-order valence-electron chi connectivity index (χ4n) is 3.71. The van der Waals surface area contributed by atoms with Crippen molar-refractivity contribution < 1.29 is 14.7 Å². The Morgan fingerprint density at radius 2 is 2.00 bits per heavy atom. The molecule has 0 radical (unpaired) electrons. The van der Waals surface area contributed by atoms with E-state index < -0.39 is 11.8 Å². The maximum absolute atomic E-state index is 12.8. The summed E-state index contributed by atoms with van der Waals surface area (Å²) in [5.41, 5.74) is 3.91. The van der Waals surface area contributed by atoms with Crippen molar-refractivity contribution >= 4 is 29.4 Å². The highest BCUT2D eigenvalue weighted by Crippen LogP contribution is 2.36. The maximum atomic E-state index is 12.8. The average molecular weight is 416 g/mol. The first-order chi connectivity index (χ1) is 14.1. The summed E-state index contributed by atoms with van der Waals surface area (Å²) in [6.07, 6.45) is 0. The third-order valence-corrected chi connectivity index (χ3v) is 6.27. The molecule has 2 N–H and O–H groups in total. The van der Waals surface area contributed by atoms with E-state index in [0.29, 0.717) is 38.5 Å². The fraction of sp³-hybridized carbons (Fsp3) is 0.450. The van der Waals surface area contributed by atoms with Gasteiger partial charge in [-0.15, -0.1) is 0 Å². The van der Waals surface area contributed by atoms with Crippen LogP contribution in [0, 0.1) is 6.92 Å². The molecule has 3 heterocycles. The van der Waals surface area contributed by atoms with Crippen molar-refractivity contribution in [3.05, 3.63) is 41.1 Å². The minimum Gasteiger partial charge on any atom is -0.395 e. The minimum absolute atomic E-state index is 0.0977. The standard InChI is InChI=1S/C20H25N5O3S/c1-14-3-2-4-15(11-14)25-18(16-12-29-13-17(16)22-25)21-19(27)20(28)24-7-5-23(6-8-24)9-10-26/h2-4,11,26H,5-10,12-13H2,1H3,(H,21,27). The lowest BCUT2D eigenvalue weighted by Gasteiger charge is -2.33. The molecule has 0 saturated carbocycles. The first-order valence-corrected chi connectivity index (χ1v) is 10.9. The number of fused-ring (bicyclic) bond motifs is 1. The highest BCUT2D eigenvalue weighted by atomic mass is 32.2. The summed E-state index contributed by atoms with van der Waals surface area (Å²) < 4.78 is 1.74. The molecule has 0 aliphatic carbocycles. The molecule has 0 spiro atoms. The van der Waals surface area contributed by atoms with Crippen molar-refractivity contribution in [1.29, 1.82) is 0 Å². The summed E-state index contributed by atoms with van der Waals surface area (Å²) >= 11 is 1.75. The smallest absolute Gasteiger partial charge is 0.315 e. The van der Waals surface area contributed by atoms with E-state index in [1.54, 1.807) is 21.3 Å². The van der Waals surface area contributed by atoms with Gasteiger partial charge in [0.25, 0.3) is 0 Å². The predicted molar refractivity (Wildman–Crippen MR) is 112 cm³/mol. The van der Waals surface area contributed by atoms with Crippen LogP contribution in [-0.2, 0) is 21.1 Å². The van der Waals surface area contributed by atoms with E-state index in [4.69, 9.17) is 5.11 Å². The van der Waals surface area contributed by atoms with Gasteiger partial charge in [0.05, 0.1) is 18.0 Å². The Bertz CT molecular complexity index is 921. The van der Waals surface area contributed by atoms with Gasteiger partial charge in [-0.3, -0.25) is 14.5 Å². The lowest BCUT2D eigenvalue weighted by atomic mass is 10.2. The molecule has 0 unspecified atom stereocenters. The number of rotatable bonds is 4. The summed E-state index contributed by atoms with van der Waals surface area (Å²) in [5, 5.41) is 16.6. The Kier molecular flexibility index (Phi) is 5.89. The Balaban J connectivity index is 1.52. The second-order valence-electron chi connectivity index (χ2n) is 7.33. The molecule has 2 aromatic rings. The summed E-state index contributed by atoms with van der Waals surface area (Å²) in [4.78, 5) is 29.1. The van der Waals surface area contributed by atoms with Gasteiger partial charge in [0, 0.05) is 49.8 Å².